The van der Waals surface area contributed by atoms with Crippen molar-refractivity contribution in [1.82, 2.24) is 19.5 Å². The fourth-order valence-corrected chi connectivity index (χ4v) is 5.52. The summed E-state index contributed by atoms with van der Waals surface area (Å²) in [5.41, 5.74) is 1.95. The zero-order valence-corrected chi connectivity index (χ0v) is 25.0. The number of hydrogen-bond donors (Lipinski definition) is 1. The molecule has 1 amide bonds. The van der Waals surface area contributed by atoms with Crippen LogP contribution in [0.3, 0.4) is 0 Å². The molecule has 1 N–H and O–H groups in total. The first-order valence-electron chi connectivity index (χ1n) is 14.4. The molecule has 0 saturated heterocycles. The molecule has 2 heterocycles. The van der Waals surface area contributed by atoms with E-state index in [9.17, 15) is 19.2 Å². The van der Waals surface area contributed by atoms with Gasteiger partial charge in [0.25, 0.3) is 5.91 Å². The summed E-state index contributed by atoms with van der Waals surface area (Å²) in [6.07, 6.45) is 0.188. The highest BCUT2D eigenvalue weighted by Crippen LogP contribution is 2.40. The Balaban J connectivity index is 1.55. The lowest BCUT2D eigenvalue weighted by Gasteiger charge is -2.45. The summed E-state index contributed by atoms with van der Waals surface area (Å²) < 4.78 is 25.1. The predicted octanol–water partition coefficient (Wildman–Crippen LogP) is 3.65. The standard InChI is InChI=1S/C32H33N5O8/c1-19(38)42-16-24-14-25(28(45-21(3)40)29(27(24)44-20(2)39)43-15-22-10-6-4-7-11-22)37-18-35-26-30(33-17-34-31(26)37)36-32(41)23-12-8-5-9-13-23/h4-13,17-18,24-25,27-29H,14-16H2,1-3H3,(H,33,34,36,41)/t24-,25-,27+,28-,29-/m0/s1. The van der Waals surface area contributed by atoms with E-state index in [1.807, 2.05) is 36.4 Å². The van der Waals surface area contributed by atoms with E-state index in [0.717, 1.165) is 5.56 Å². The van der Waals surface area contributed by atoms with Crippen molar-refractivity contribution in [1.29, 1.82) is 0 Å². The first kappa shape index (κ1) is 31.3. The summed E-state index contributed by atoms with van der Waals surface area (Å²) in [6.45, 7) is 3.88. The second kappa shape index (κ2) is 14.1. The monoisotopic (exact) mass is 615 g/mol. The Hall–Kier alpha value is -5.17. The topological polar surface area (TPSA) is 161 Å². The second-order valence-electron chi connectivity index (χ2n) is 10.6. The predicted molar refractivity (Wildman–Crippen MR) is 160 cm³/mol. The number of carbonyl (C=O) groups is 4. The summed E-state index contributed by atoms with van der Waals surface area (Å²) in [4.78, 5) is 62.7. The Morgan fingerprint density at radius 2 is 1.49 bits per heavy atom. The molecular formula is C32H33N5O8. The van der Waals surface area contributed by atoms with Gasteiger partial charge in [-0.3, -0.25) is 19.2 Å². The van der Waals surface area contributed by atoms with Crippen molar-refractivity contribution in [2.75, 3.05) is 11.9 Å². The molecule has 0 radical (unpaired) electrons. The van der Waals surface area contributed by atoms with Gasteiger partial charge >= 0.3 is 17.9 Å². The van der Waals surface area contributed by atoms with E-state index in [1.54, 1.807) is 28.8 Å². The smallest absolute Gasteiger partial charge is 0.303 e. The van der Waals surface area contributed by atoms with Gasteiger partial charge in [0.05, 0.1) is 25.6 Å². The third kappa shape index (κ3) is 7.50. The Kier molecular flexibility index (Phi) is 9.78. The van der Waals surface area contributed by atoms with Gasteiger partial charge in [0.15, 0.2) is 23.1 Å². The lowest BCUT2D eigenvalue weighted by Crippen LogP contribution is -2.56. The first-order valence-corrected chi connectivity index (χ1v) is 14.4. The van der Waals surface area contributed by atoms with Crippen LogP contribution in [0.4, 0.5) is 5.82 Å². The van der Waals surface area contributed by atoms with E-state index < -0.39 is 48.2 Å². The summed E-state index contributed by atoms with van der Waals surface area (Å²) in [5.74, 6) is -2.38. The number of benzene rings is 2. The van der Waals surface area contributed by atoms with Crippen molar-refractivity contribution in [3.8, 4) is 0 Å². The number of ether oxygens (including phenoxy) is 4. The first-order chi connectivity index (χ1) is 21.7. The molecule has 1 aliphatic carbocycles. The number of nitrogens with one attached hydrogen (secondary N) is 1. The van der Waals surface area contributed by atoms with Gasteiger partial charge < -0.3 is 28.8 Å². The maximum atomic E-state index is 12.9. The van der Waals surface area contributed by atoms with Crippen molar-refractivity contribution < 1.29 is 38.1 Å². The van der Waals surface area contributed by atoms with Gasteiger partial charge in [0.2, 0.25) is 0 Å². The Morgan fingerprint density at radius 1 is 0.822 bits per heavy atom. The van der Waals surface area contributed by atoms with Crippen molar-refractivity contribution in [2.24, 2.45) is 5.92 Å². The lowest BCUT2D eigenvalue weighted by atomic mass is 9.79. The number of esters is 3. The number of rotatable bonds is 10. The number of nitrogens with zero attached hydrogens (tertiary/aromatic N) is 4. The molecule has 1 saturated carbocycles. The van der Waals surface area contributed by atoms with Crippen LogP contribution in [0.1, 0.15) is 49.2 Å². The molecule has 1 aliphatic rings. The molecular weight excluding hydrogens is 582 g/mol. The van der Waals surface area contributed by atoms with Crippen LogP contribution in [0.5, 0.6) is 0 Å². The summed E-state index contributed by atoms with van der Waals surface area (Å²) in [7, 11) is 0. The quantitative estimate of drug-likeness (QED) is 0.205. The number of anilines is 1. The molecule has 4 aromatic rings. The van der Waals surface area contributed by atoms with Gasteiger partial charge in [-0.1, -0.05) is 48.5 Å². The van der Waals surface area contributed by atoms with Crippen molar-refractivity contribution in [3.63, 3.8) is 0 Å². The molecule has 5 rings (SSSR count). The molecule has 234 valence electrons. The van der Waals surface area contributed by atoms with Crippen LogP contribution in [0.25, 0.3) is 11.2 Å². The molecule has 5 atom stereocenters. The highest BCUT2D eigenvalue weighted by atomic mass is 16.6. The fraction of sp³-hybridized carbons (Fsp3) is 0.344. The molecule has 0 spiro atoms. The van der Waals surface area contributed by atoms with Crippen LogP contribution in [0.15, 0.2) is 73.3 Å². The van der Waals surface area contributed by atoms with E-state index >= 15 is 0 Å². The van der Waals surface area contributed by atoms with E-state index in [2.05, 4.69) is 20.3 Å². The van der Waals surface area contributed by atoms with E-state index in [0.29, 0.717) is 16.7 Å². The molecule has 1 fully saturated rings. The van der Waals surface area contributed by atoms with E-state index in [-0.39, 0.29) is 31.4 Å². The van der Waals surface area contributed by atoms with Crippen molar-refractivity contribution in [3.05, 3.63) is 84.4 Å². The molecule has 2 aromatic heterocycles. The zero-order valence-electron chi connectivity index (χ0n) is 25.0. The average molecular weight is 616 g/mol. The molecule has 45 heavy (non-hydrogen) atoms. The number of carbonyl (C=O) groups excluding carboxylic acids is 4. The SMILES string of the molecule is CC(=O)OC[C@@H]1C[C@H](n2cnc3c(NC(=O)c4ccccc4)ncnc32)[C@H](OC(C)=O)[C@@H](OCc2ccccc2)[C@@H]1OC(C)=O. The number of fused-ring (bicyclic) bond motifs is 1. The molecule has 0 aliphatic heterocycles. The van der Waals surface area contributed by atoms with E-state index in [1.165, 1.54) is 33.4 Å². The normalized spacial score (nSPS) is 21.1. The Morgan fingerprint density at radius 3 is 2.16 bits per heavy atom. The number of imidazole rings is 1. The maximum Gasteiger partial charge on any atom is 0.303 e. The van der Waals surface area contributed by atoms with Gasteiger partial charge in [-0.05, 0) is 24.1 Å². The van der Waals surface area contributed by atoms with Crippen LogP contribution in [-0.4, -0.2) is 68.3 Å². The Labute approximate surface area is 258 Å². The maximum absolute atomic E-state index is 12.9. The highest BCUT2D eigenvalue weighted by Gasteiger charge is 2.51. The third-order valence-corrected chi connectivity index (χ3v) is 7.41. The third-order valence-electron chi connectivity index (χ3n) is 7.41. The summed E-state index contributed by atoms with van der Waals surface area (Å²) in [5, 5.41) is 2.79. The largest absolute Gasteiger partial charge is 0.465 e. The average Bonchev–Trinajstić information content (AvgIpc) is 3.45. The van der Waals surface area contributed by atoms with Crippen LogP contribution < -0.4 is 5.32 Å². The Bertz CT molecular complexity index is 1660. The molecule has 0 unspecified atom stereocenters. The van der Waals surface area contributed by atoms with Crippen molar-refractivity contribution >= 4 is 40.8 Å². The summed E-state index contributed by atoms with van der Waals surface area (Å²) in [6, 6.07) is 17.4. The van der Waals surface area contributed by atoms with Crippen LogP contribution in [0.2, 0.25) is 0 Å². The second-order valence-corrected chi connectivity index (χ2v) is 10.6. The lowest BCUT2D eigenvalue weighted by molar-refractivity contribution is -0.205. The van der Waals surface area contributed by atoms with Gasteiger partial charge in [0, 0.05) is 32.3 Å². The van der Waals surface area contributed by atoms with Crippen LogP contribution >= 0.6 is 0 Å². The van der Waals surface area contributed by atoms with Gasteiger partial charge in [-0.2, -0.15) is 0 Å². The fourth-order valence-electron chi connectivity index (χ4n) is 5.52. The number of amides is 1. The minimum Gasteiger partial charge on any atom is -0.465 e. The van der Waals surface area contributed by atoms with Crippen LogP contribution in [-0.2, 0) is 39.9 Å². The highest BCUT2D eigenvalue weighted by molar-refractivity contribution is 6.06. The van der Waals surface area contributed by atoms with E-state index in [4.69, 9.17) is 18.9 Å². The minimum atomic E-state index is -0.973. The summed E-state index contributed by atoms with van der Waals surface area (Å²) >= 11 is 0. The molecule has 13 heteroatoms. The van der Waals surface area contributed by atoms with Crippen LogP contribution in [0, 0.1) is 5.92 Å². The zero-order chi connectivity index (χ0) is 31.9. The minimum absolute atomic E-state index is 0.0816. The molecule has 13 nitrogen and oxygen atoms in total. The van der Waals surface area contributed by atoms with Gasteiger partial charge in [0.1, 0.15) is 18.5 Å². The van der Waals surface area contributed by atoms with Crippen molar-refractivity contribution in [2.45, 2.75) is 58.2 Å². The number of aromatic nitrogens is 4. The molecule has 0 bridgehead atoms. The molecule has 2 aromatic carbocycles. The van der Waals surface area contributed by atoms with Gasteiger partial charge in [-0.15, -0.1) is 0 Å². The number of hydrogen-bond acceptors (Lipinski definition) is 11. The van der Waals surface area contributed by atoms with Gasteiger partial charge in [-0.25, -0.2) is 15.0 Å².